The lowest BCUT2D eigenvalue weighted by Crippen LogP contribution is -2.01. The second kappa shape index (κ2) is 17.1. The van der Waals surface area contributed by atoms with Gasteiger partial charge in [-0.1, -0.05) is 194 Å². The summed E-state index contributed by atoms with van der Waals surface area (Å²) in [4.78, 5) is 18.8. The molecule has 0 bridgehead atoms. The Bertz CT molecular complexity index is 3710. The van der Waals surface area contributed by atoms with Crippen LogP contribution in [-0.4, -0.2) is 15.0 Å². The number of benzene rings is 10. The summed E-state index contributed by atoms with van der Waals surface area (Å²) in [6, 6.07) is 79.0. The molecule has 0 amide bonds. The highest BCUT2D eigenvalue weighted by Gasteiger charge is 2.17. The van der Waals surface area contributed by atoms with Crippen molar-refractivity contribution in [1.29, 1.82) is 5.26 Å². The van der Waals surface area contributed by atoms with Gasteiger partial charge in [0.1, 0.15) is 0 Å². The van der Waals surface area contributed by atoms with Crippen molar-refractivity contribution in [2.45, 2.75) is 0 Å². The van der Waals surface area contributed by atoms with Crippen molar-refractivity contribution in [3.8, 4) is 95.9 Å². The monoisotopic (exact) mass is 839 g/mol. The molecule has 0 saturated heterocycles. The Labute approximate surface area is 383 Å². The summed E-state index contributed by atoms with van der Waals surface area (Å²) >= 11 is 0. The first-order valence-corrected chi connectivity index (χ1v) is 21.8. The molecule has 1 heterocycles. The van der Waals surface area contributed by atoms with Gasteiger partial charge in [-0.15, -0.1) is 0 Å². The van der Waals surface area contributed by atoms with Crippen molar-refractivity contribution >= 4 is 27.2 Å². The lowest BCUT2D eigenvalue weighted by atomic mass is 9.91. The SMILES string of the molecule is [C-]#[N+]c1ccc(-c2cccc(-c3ccc(-c4ccc5ccc6ccccc6c5c4)cc3)c2)c(-c2cccc(-c3nc(-c4ccccc4)nc(-c4ccc(-c5ccccc5)c(C#N)c4)n3)c2)c1. The summed E-state index contributed by atoms with van der Waals surface area (Å²) in [6.07, 6.45) is 0. The summed E-state index contributed by atoms with van der Waals surface area (Å²) in [7, 11) is 0. The first kappa shape index (κ1) is 39.5. The minimum Gasteiger partial charge on any atom is -0.238 e. The number of hydrogen-bond donors (Lipinski definition) is 0. The molecule has 10 aromatic carbocycles. The quantitative estimate of drug-likeness (QED) is 0.113. The Kier molecular flexibility index (Phi) is 10.3. The number of nitriles is 1. The van der Waals surface area contributed by atoms with E-state index in [0.29, 0.717) is 34.3 Å². The fraction of sp³-hybridized carbons (Fsp3) is 0. The van der Waals surface area contributed by atoms with Gasteiger partial charge in [0, 0.05) is 16.7 Å². The van der Waals surface area contributed by atoms with E-state index in [9.17, 15) is 5.26 Å². The summed E-state index contributed by atoms with van der Waals surface area (Å²) in [6.45, 7) is 7.94. The van der Waals surface area contributed by atoms with Gasteiger partial charge in [-0.05, 0) is 108 Å². The highest BCUT2D eigenvalue weighted by atomic mass is 15.0. The van der Waals surface area contributed by atoms with Crippen molar-refractivity contribution < 1.29 is 0 Å². The average molecular weight is 840 g/mol. The van der Waals surface area contributed by atoms with E-state index in [1.165, 1.54) is 27.1 Å². The summed E-state index contributed by atoms with van der Waals surface area (Å²) in [5.41, 5.74) is 13.7. The molecule has 0 spiro atoms. The van der Waals surface area contributed by atoms with Gasteiger partial charge in [0.05, 0.1) is 18.2 Å². The Balaban J connectivity index is 0.952. The molecule has 0 aliphatic carbocycles. The zero-order valence-electron chi connectivity index (χ0n) is 35.6. The van der Waals surface area contributed by atoms with Gasteiger partial charge in [-0.25, -0.2) is 19.8 Å². The molecular weight excluding hydrogens is 803 g/mol. The lowest BCUT2D eigenvalue weighted by Gasteiger charge is -2.14. The van der Waals surface area contributed by atoms with Crippen LogP contribution in [-0.2, 0) is 0 Å². The van der Waals surface area contributed by atoms with Gasteiger partial charge in [0.15, 0.2) is 23.2 Å². The second-order valence-corrected chi connectivity index (χ2v) is 16.2. The number of fused-ring (bicyclic) bond motifs is 3. The van der Waals surface area contributed by atoms with Crippen LogP contribution in [0.1, 0.15) is 5.56 Å². The third-order valence-corrected chi connectivity index (χ3v) is 12.2. The second-order valence-electron chi connectivity index (χ2n) is 16.2. The van der Waals surface area contributed by atoms with Gasteiger partial charge in [0.2, 0.25) is 0 Å². The molecule has 5 heteroatoms. The smallest absolute Gasteiger partial charge is 0.187 e. The molecule has 11 aromatic rings. The Morgan fingerprint density at radius 2 is 0.818 bits per heavy atom. The van der Waals surface area contributed by atoms with E-state index in [0.717, 1.165) is 61.2 Å². The topological polar surface area (TPSA) is 66.8 Å². The first-order chi connectivity index (χ1) is 32.6. The molecule has 306 valence electrons. The molecule has 5 nitrogen and oxygen atoms in total. The zero-order valence-corrected chi connectivity index (χ0v) is 35.6. The molecule has 0 radical (unpaired) electrons. The Morgan fingerprint density at radius 1 is 0.333 bits per heavy atom. The van der Waals surface area contributed by atoms with Crippen LogP contribution in [0.15, 0.2) is 224 Å². The van der Waals surface area contributed by atoms with Gasteiger partial charge < -0.3 is 0 Å². The maximum atomic E-state index is 10.2. The molecule has 0 aliphatic heterocycles. The zero-order chi connectivity index (χ0) is 44.4. The first-order valence-electron chi connectivity index (χ1n) is 21.8. The van der Waals surface area contributed by atoms with Crippen molar-refractivity contribution in [1.82, 2.24) is 15.0 Å². The van der Waals surface area contributed by atoms with Gasteiger partial charge in [-0.2, -0.15) is 5.26 Å². The van der Waals surface area contributed by atoms with E-state index in [1.54, 1.807) is 0 Å². The predicted molar refractivity (Wildman–Crippen MR) is 269 cm³/mol. The van der Waals surface area contributed by atoms with Gasteiger partial charge in [0.25, 0.3) is 0 Å². The predicted octanol–water partition coefficient (Wildman–Crippen LogP) is 15.9. The third kappa shape index (κ3) is 7.64. The summed E-state index contributed by atoms with van der Waals surface area (Å²) in [5, 5.41) is 15.2. The molecule has 0 aliphatic rings. The van der Waals surface area contributed by atoms with Crippen LogP contribution >= 0.6 is 0 Å². The molecule has 0 atom stereocenters. The number of hydrogen-bond acceptors (Lipinski definition) is 4. The number of nitrogens with zero attached hydrogens (tertiary/aromatic N) is 5. The van der Waals surface area contributed by atoms with E-state index in [-0.39, 0.29) is 0 Å². The van der Waals surface area contributed by atoms with Crippen LogP contribution in [0.2, 0.25) is 0 Å². The standard InChI is InChI=1S/C61H37N5/c1-63-53-31-33-56(48-18-10-17-46(34-48)40-22-24-41(25-23-40)47-29-28-44-27-26-43-14-8-9-21-55(43)57(44)37-47)58(38-53)49-19-11-20-50(35-49)60-64-59(45-15-6-3-7-16-45)65-61(66-60)51-30-32-54(52(36-51)39-62)42-12-4-2-5-13-42/h2-38H. The molecule has 11 rings (SSSR count). The van der Waals surface area contributed by atoms with Gasteiger partial charge in [-0.3, -0.25) is 0 Å². The third-order valence-electron chi connectivity index (χ3n) is 12.2. The minimum atomic E-state index is 0.465. The lowest BCUT2D eigenvalue weighted by molar-refractivity contribution is 1.07. The van der Waals surface area contributed by atoms with E-state index in [2.05, 4.69) is 126 Å². The maximum Gasteiger partial charge on any atom is 0.187 e. The molecular formula is C61H37N5. The summed E-state index contributed by atoms with van der Waals surface area (Å²) < 4.78 is 0. The van der Waals surface area contributed by atoms with Crippen LogP contribution in [0.4, 0.5) is 5.69 Å². The van der Waals surface area contributed by atoms with Crippen molar-refractivity contribution in [3.05, 3.63) is 241 Å². The van der Waals surface area contributed by atoms with Crippen LogP contribution in [0, 0.1) is 17.9 Å². The largest absolute Gasteiger partial charge is 0.238 e. The van der Waals surface area contributed by atoms with E-state index >= 15 is 0 Å². The van der Waals surface area contributed by atoms with Crippen LogP contribution in [0.5, 0.6) is 0 Å². The van der Waals surface area contributed by atoms with Crippen molar-refractivity contribution in [3.63, 3.8) is 0 Å². The maximum absolute atomic E-state index is 10.2. The van der Waals surface area contributed by atoms with Crippen molar-refractivity contribution in [2.75, 3.05) is 0 Å². The number of aromatic nitrogens is 3. The van der Waals surface area contributed by atoms with Crippen LogP contribution in [0.25, 0.3) is 116 Å². The van der Waals surface area contributed by atoms with E-state index < -0.39 is 0 Å². The molecule has 0 fully saturated rings. The molecule has 66 heavy (non-hydrogen) atoms. The average Bonchev–Trinajstić information content (AvgIpc) is 3.40. The van der Waals surface area contributed by atoms with Crippen LogP contribution < -0.4 is 0 Å². The fourth-order valence-corrected chi connectivity index (χ4v) is 8.82. The molecule has 0 unspecified atom stereocenters. The van der Waals surface area contributed by atoms with Gasteiger partial charge >= 0.3 is 0 Å². The minimum absolute atomic E-state index is 0.465. The van der Waals surface area contributed by atoms with E-state index in [1.807, 2.05) is 109 Å². The molecule has 0 saturated carbocycles. The normalized spacial score (nSPS) is 11.0. The molecule has 0 N–H and O–H groups in total. The highest BCUT2D eigenvalue weighted by molar-refractivity contribution is 6.08. The molecule has 1 aromatic heterocycles. The van der Waals surface area contributed by atoms with Crippen molar-refractivity contribution in [2.24, 2.45) is 0 Å². The Morgan fingerprint density at radius 3 is 1.52 bits per heavy atom. The Hall–Kier alpha value is -9.29. The highest BCUT2D eigenvalue weighted by Crippen LogP contribution is 2.39. The van der Waals surface area contributed by atoms with E-state index in [4.69, 9.17) is 21.5 Å². The fourth-order valence-electron chi connectivity index (χ4n) is 8.82. The number of rotatable bonds is 8. The van der Waals surface area contributed by atoms with Crippen LogP contribution in [0.3, 0.4) is 0 Å². The summed E-state index contributed by atoms with van der Waals surface area (Å²) in [5.74, 6) is 1.49.